The zero-order valence-corrected chi connectivity index (χ0v) is 10.7. The fraction of sp³-hybridized carbons (Fsp3) is 0.750. The highest BCUT2D eigenvalue weighted by molar-refractivity contribution is 14.1. The van der Waals surface area contributed by atoms with Crippen molar-refractivity contribution < 1.29 is 4.79 Å². The molecule has 2 fully saturated rings. The van der Waals surface area contributed by atoms with Crippen LogP contribution in [0, 0.1) is 5.41 Å². The second-order valence-electron chi connectivity index (χ2n) is 4.55. The number of hydrogen-bond acceptors (Lipinski definition) is 1. The van der Waals surface area contributed by atoms with Crippen molar-refractivity contribution >= 4 is 28.4 Å². The first-order valence-electron chi connectivity index (χ1n) is 5.63. The van der Waals surface area contributed by atoms with E-state index in [1.165, 1.54) is 24.8 Å². The Labute approximate surface area is 99.5 Å². The summed E-state index contributed by atoms with van der Waals surface area (Å²) in [5.41, 5.74) is 1.44. The van der Waals surface area contributed by atoms with Crippen molar-refractivity contribution in [1.82, 2.24) is 0 Å². The summed E-state index contributed by atoms with van der Waals surface area (Å²) in [5, 5.41) is 0. The van der Waals surface area contributed by atoms with E-state index in [4.69, 9.17) is 0 Å². The molecular formula is C12H17IO. The molecule has 0 heterocycles. The monoisotopic (exact) mass is 304 g/mol. The fourth-order valence-corrected chi connectivity index (χ4v) is 3.90. The van der Waals surface area contributed by atoms with Gasteiger partial charge in [-0.25, -0.2) is 0 Å². The van der Waals surface area contributed by atoms with Crippen molar-refractivity contribution in [3.05, 3.63) is 9.66 Å². The lowest BCUT2D eigenvalue weighted by atomic mass is 9.62. The molecule has 0 aromatic carbocycles. The molecule has 1 nitrogen and oxygen atoms in total. The first-order chi connectivity index (χ1) is 6.79. The minimum Gasteiger partial charge on any atom is -0.299 e. The summed E-state index contributed by atoms with van der Waals surface area (Å²) in [4.78, 5) is 12.1. The van der Waals surface area contributed by atoms with Gasteiger partial charge in [0.2, 0.25) is 0 Å². The minimum absolute atomic E-state index is 0.00229. The number of carbonyl (C=O) groups excluding carboxylic acids is 1. The van der Waals surface area contributed by atoms with Gasteiger partial charge in [-0.05, 0) is 36.2 Å². The van der Waals surface area contributed by atoms with Crippen LogP contribution in [0.25, 0.3) is 0 Å². The zero-order chi connectivity index (χ0) is 10.0. The average Bonchev–Trinajstić information content (AvgIpc) is 2.23. The molecule has 1 atom stereocenters. The van der Waals surface area contributed by atoms with Crippen LogP contribution >= 0.6 is 22.6 Å². The second-order valence-corrected chi connectivity index (χ2v) is 5.18. The number of ketones is 1. The molecule has 1 spiro atoms. The molecule has 0 aliphatic heterocycles. The average molecular weight is 304 g/mol. The molecular weight excluding hydrogens is 287 g/mol. The summed E-state index contributed by atoms with van der Waals surface area (Å²) < 4.78 is 2.18. The maximum Gasteiger partial charge on any atom is 0.143 e. The van der Waals surface area contributed by atoms with E-state index < -0.39 is 0 Å². The summed E-state index contributed by atoms with van der Waals surface area (Å²) in [6.07, 6.45) is 9.14. The smallest absolute Gasteiger partial charge is 0.143 e. The molecule has 2 saturated carbocycles. The van der Waals surface area contributed by atoms with Crippen LogP contribution in [0.3, 0.4) is 0 Å². The van der Waals surface area contributed by atoms with Gasteiger partial charge in [-0.2, -0.15) is 0 Å². The molecule has 0 amide bonds. The highest BCUT2D eigenvalue weighted by Crippen LogP contribution is 2.49. The molecule has 78 valence electrons. The van der Waals surface area contributed by atoms with Crippen molar-refractivity contribution in [2.75, 3.05) is 0 Å². The van der Waals surface area contributed by atoms with Gasteiger partial charge in [0.1, 0.15) is 5.78 Å². The third-order valence-corrected chi connectivity index (χ3v) is 4.59. The van der Waals surface area contributed by atoms with E-state index in [-0.39, 0.29) is 5.41 Å². The minimum atomic E-state index is -0.00229. The van der Waals surface area contributed by atoms with Crippen molar-refractivity contribution in [3.63, 3.8) is 0 Å². The largest absolute Gasteiger partial charge is 0.299 e. The Morgan fingerprint density at radius 2 is 1.71 bits per heavy atom. The van der Waals surface area contributed by atoms with E-state index in [0.717, 1.165) is 32.1 Å². The van der Waals surface area contributed by atoms with Crippen molar-refractivity contribution in [1.29, 1.82) is 0 Å². The third-order valence-electron chi connectivity index (χ3n) is 3.84. The van der Waals surface area contributed by atoms with E-state index in [0.29, 0.717) is 5.78 Å². The predicted octanol–water partition coefficient (Wildman–Crippen LogP) is 4.01. The van der Waals surface area contributed by atoms with Gasteiger partial charge in [0.05, 0.1) is 5.41 Å². The second kappa shape index (κ2) is 4.33. The zero-order valence-electron chi connectivity index (χ0n) is 8.52. The van der Waals surface area contributed by atoms with E-state index in [1.54, 1.807) is 0 Å². The van der Waals surface area contributed by atoms with Crippen LogP contribution in [0.2, 0.25) is 0 Å². The van der Waals surface area contributed by atoms with E-state index in [9.17, 15) is 4.79 Å². The molecule has 0 aromatic rings. The molecule has 0 radical (unpaired) electrons. The van der Waals surface area contributed by atoms with Crippen molar-refractivity contribution in [3.8, 4) is 0 Å². The standard InChI is InChI=1S/C12H17IO/c13-9-10-5-1-3-7-12(10)8-4-2-6-11(12)14/h9H,1-8H2/b10-9-. The van der Waals surface area contributed by atoms with E-state index in [1.807, 2.05) is 0 Å². The van der Waals surface area contributed by atoms with E-state index in [2.05, 4.69) is 26.7 Å². The number of allylic oxidation sites excluding steroid dienone is 1. The predicted molar refractivity (Wildman–Crippen MR) is 66.5 cm³/mol. The van der Waals surface area contributed by atoms with Crippen LogP contribution in [-0.4, -0.2) is 5.78 Å². The summed E-state index contributed by atoms with van der Waals surface area (Å²) in [6.45, 7) is 0. The third kappa shape index (κ3) is 1.66. The Morgan fingerprint density at radius 1 is 1.07 bits per heavy atom. The number of rotatable bonds is 0. The van der Waals surface area contributed by atoms with Gasteiger partial charge in [0, 0.05) is 6.42 Å². The van der Waals surface area contributed by atoms with Gasteiger partial charge < -0.3 is 0 Å². The molecule has 0 bridgehead atoms. The van der Waals surface area contributed by atoms with Crippen LogP contribution in [0.4, 0.5) is 0 Å². The molecule has 2 aliphatic carbocycles. The number of Topliss-reactive ketones (excluding diaryl/α,β-unsaturated/α-hetero) is 1. The van der Waals surface area contributed by atoms with Crippen LogP contribution in [0.5, 0.6) is 0 Å². The molecule has 1 unspecified atom stereocenters. The number of carbonyl (C=O) groups is 1. The molecule has 0 N–H and O–H groups in total. The van der Waals surface area contributed by atoms with Crippen LogP contribution in [-0.2, 0) is 4.79 Å². The summed E-state index contributed by atoms with van der Waals surface area (Å²) in [6, 6.07) is 0. The molecule has 14 heavy (non-hydrogen) atoms. The molecule has 2 heteroatoms. The van der Waals surface area contributed by atoms with Gasteiger partial charge in [-0.1, -0.05) is 41.0 Å². The van der Waals surface area contributed by atoms with Gasteiger partial charge in [-0.15, -0.1) is 0 Å². The highest BCUT2D eigenvalue weighted by atomic mass is 127. The molecule has 2 aliphatic rings. The summed E-state index contributed by atoms with van der Waals surface area (Å²) in [7, 11) is 0. The molecule has 0 saturated heterocycles. The quantitative estimate of drug-likeness (QED) is 0.618. The maximum atomic E-state index is 12.1. The Morgan fingerprint density at radius 3 is 2.36 bits per heavy atom. The number of halogens is 1. The SMILES string of the molecule is O=C1CCCCC12CCCC/C2=C/I. The fourth-order valence-electron chi connectivity index (χ4n) is 3.00. The van der Waals surface area contributed by atoms with Crippen LogP contribution in [0.1, 0.15) is 51.4 Å². The normalized spacial score (nSPS) is 36.6. The highest BCUT2D eigenvalue weighted by Gasteiger charge is 2.43. The first-order valence-corrected chi connectivity index (χ1v) is 6.87. The Kier molecular flexibility index (Phi) is 3.30. The maximum absolute atomic E-state index is 12.1. The molecule has 2 rings (SSSR count). The van der Waals surface area contributed by atoms with Crippen LogP contribution < -0.4 is 0 Å². The Hall–Kier alpha value is 0.140. The summed E-state index contributed by atoms with van der Waals surface area (Å²) in [5.74, 6) is 0.534. The van der Waals surface area contributed by atoms with Gasteiger partial charge >= 0.3 is 0 Å². The summed E-state index contributed by atoms with van der Waals surface area (Å²) >= 11 is 2.31. The lowest BCUT2D eigenvalue weighted by molar-refractivity contribution is -0.130. The van der Waals surface area contributed by atoms with Crippen molar-refractivity contribution in [2.24, 2.45) is 5.41 Å². The Balaban J connectivity index is 2.29. The van der Waals surface area contributed by atoms with Gasteiger partial charge in [0.15, 0.2) is 0 Å². The van der Waals surface area contributed by atoms with Crippen molar-refractivity contribution in [2.45, 2.75) is 51.4 Å². The lowest BCUT2D eigenvalue weighted by Crippen LogP contribution is -2.37. The topological polar surface area (TPSA) is 17.1 Å². The van der Waals surface area contributed by atoms with Gasteiger partial charge in [-0.3, -0.25) is 4.79 Å². The molecule has 0 aromatic heterocycles. The van der Waals surface area contributed by atoms with E-state index >= 15 is 0 Å². The number of hydrogen-bond donors (Lipinski definition) is 0. The lowest BCUT2D eigenvalue weighted by Gasteiger charge is -2.41. The Bertz CT molecular complexity index is 263. The van der Waals surface area contributed by atoms with Gasteiger partial charge in [0.25, 0.3) is 0 Å². The first kappa shape index (κ1) is 10.7. The van der Waals surface area contributed by atoms with Crippen LogP contribution in [0.15, 0.2) is 9.66 Å².